The van der Waals surface area contributed by atoms with Crippen LogP contribution in [0.15, 0.2) is 9.41 Å². The molecule has 5 heteroatoms. The van der Waals surface area contributed by atoms with Crippen molar-refractivity contribution in [1.82, 2.24) is 10.2 Å². The standard InChI is InChI=1S/C8H11N3OS/c1-5(13-2)9-8-11-10-7(12-8)6-3-4-6/h6H,3-4H2,1-2H3. The highest BCUT2D eigenvalue weighted by Gasteiger charge is 2.29. The number of thioether (sulfide) groups is 1. The Bertz CT molecular complexity index is 330. The van der Waals surface area contributed by atoms with E-state index in [-0.39, 0.29) is 0 Å². The van der Waals surface area contributed by atoms with Crippen LogP contribution in [-0.4, -0.2) is 21.5 Å². The summed E-state index contributed by atoms with van der Waals surface area (Å²) in [6, 6.07) is 0.383. The molecule has 0 bridgehead atoms. The number of aromatic nitrogens is 2. The van der Waals surface area contributed by atoms with Crippen LogP contribution in [-0.2, 0) is 0 Å². The van der Waals surface area contributed by atoms with Crippen LogP contribution in [0.4, 0.5) is 6.01 Å². The van der Waals surface area contributed by atoms with Gasteiger partial charge in [-0.15, -0.1) is 16.9 Å². The minimum Gasteiger partial charge on any atom is -0.406 e. The first-order chi connectivity index (χ1) is 6.29. The SMILES string of the molecule is CSC(C)=Nc1nnc(C2CC2)o1. The molecule has 1 saturated carbocycles. The van der Waals surface area contributed by atoms with E-state index < -0.39 is 0 Å². The average molecular weight is 197 g/mol. The lowest BCUT2D eigenvalue weighted by atomic mass is 10.4. The van der Waals surface area contributed by atoms with Gasteiger partial charge in [-0.2, -0.15) is 4.99 Å². The van der Waals surface area contributed by atoms with Gasteiger partial charge in [-0.25, -0.2) is 0 Å². The Balaban J connectivity index is 2.12. The summed E-state index contributed by atoms with van der Waals surface area (Å²) in [6.45, 7) is 1.92. The van der Waals surface area contributed by atoms with Crippen molar-refractivity contribution in [2.24, 2.45) is 4.99 Å². The van der Waals surface area contributed by atoms with Gasteiger partial charge in [-0.3, -0.25) is 0 Å². The summed E-state index contributed by atoms with van der Waals surface area (Å²) in [5.74, 6) is 1.25. The molecule has 1 aromatic rings. The van der Waals surface area contributed by atoms with Crippen molar-refractivity contribution in [1.29, 1.82) is 0 Å². The Morgan fingerprint density at radius 3 is 2.92 bits per heavy atom. The van der Waals surface area contributed by atoms with Crippen molar-refractivity contribution in [2.45, 2.75) is 25.7 Å². The van der Waals surface area contributed by atoms with Gasteiger partial charge < -0.3 is 4.42 Å². The van der Waals surface area contributed by atoms with Crippen LogP contribution in [0.5, 0.6) is 0 Å². The van der Waals surface area contributed by atoms with E-state index in [0.717, 1.165) is 10.9 Å². The molecule has 1 aliphatic carbocycles. The molecule has 0 N–H and O–H groups in total. The fourth-order valence-corrected chi connectivity index (χ4v) is 1.12. The lowest BCUT2D eigenvalue weighted by Crippen LogP contribution is -1.78. The normalized spacial score (nSPS) is 17.8. The van der Waals surface area contributed by atoms with Crippen molar-refractivity contribution in [3.05, 3.63) is 5.89 Å². The third-order valence-electron chi connectivity index (χ3n) is 1.91. The van der Waals surface area contributed by atoms with Crippen LogP contribution in [0.2, 0.25) is 0 Å². The topological polar surface area (TPSA) is 51.3 Å². The fraction of sp³-hybridized carbons (Fsp3) is 0.625. The van der Waals surface area contributed by atoms with Gasteiger partial charge in [0.05, 0.1) is 5.04 Å². The molecule has 1 heterocycles. The van der Waals surface area contributed by atoms with Gasteiger partial charge in [0.25, 0.3) is 0 Å². The van der Waals surface area contributed by atoms with E-state index >= 15 is 0 Å². The zero-order valence-corrected chi connectivity index (χ0v) is 8.47. The van der Waals surface area contributed by atoms with Gasteiger partial charge in [-0.1, -0.05) is 5.10 Å². The van der Waals surface area contributed by atoms with Crippen molar-refractivity contribution in [3.8, 4) is 0 Å². The van der Waals surface area contributed by atoms with Crippen molar-refractivity contribution >= 4 is 22.8 Å². The van der Waals surface area contributed by atoms with Gasteiger partial charge in [0.2, 0.25) is 5.89 Å². The molecule has 13 heavy (non-hydrogen) atoms. The molecule has 0 unspecified atom stereocenters. The van der Waals surface area contributed by atoms with E-state index in [9.17, 15) is 0 Å². The monoisotopic (exact) mass is 197 g/mol. The molecule has 0 atom stereocenters. The van der Waals surface area contributed by atoms with Gasteiger partial charge in [-0.05, 0) is 26.0 Å². The van der Waals surface area contributed by atoms with Crippen molar-refractivity contribution in [3.63, 3.8) is 0 Å². The lowest BCUT2D eigenvalue weighted by molar-refractivity contribution is 0.506. The van der Waals surface area contributed by atoms with Crippen LogP contribution < -0.4 is 0 Å². The van der Waals surface area contributed by atoms with Gasteiger partial charge >= 0.3 is 6.01 Å². The second-order valence-electron chi connectivity index (χ2n) is 3.03. The number of hydrogen-bond acceptors (Lipinski definition) is 5. The molecule has 0 amide bonds. The highest BCUT2D eigenvalue weighted by Crippen LogP contribution is 2.39. The van der Waals surface area contributed by atoms with Gasteiger partial charge in [0.1, 0.15) is 0 Å². The molecule has 0 saturated heterocycles. The van der Waals surface area contributed by atoms with E-state index in [0.29, 0.717) is 11.9 Å². The van der Waals surface area contributed by atoms with Crippen LogP contribution in [0.25, 0.3) is 0 Å². The average Bonchev–Trinajstić information content (AvgIpc) is 2.88. The first-order valence-electron chi connectivity index (χ1n) is 4.22. The van der Waals surface area contributed by atoms with E-state index in [1.54, 1.807) is 11.8 Å². The molecular formula is C8H11N3OS. The van der Waals surface area contributed by atoms with Gasteiger partial charge in [0.15, 0.2) is 0 Å². The summed E-state index contributed by atoms with van der Waals surface area (Å²) in [4.78, 5) is 4.15. The van der Waals surface area contributed by atoms with E-state index in [1.807, 2.05) is 13.2 Å². The Morgan fingerprint density at radius 2 is 2.31 bits per heavy atom. The molecule has 1 aromatic heterocycles. The maximum Gasteiger partial charge on any atom is 0.343 e. The van der Waals surface area contributed by atoms with Gasteiger partial charge in [0, 0.05) is 5.92 Å². The minimum absolute atomic E-state index is 0.383. The maximum absolute atomic E-state index is 5.36. The highest BCUT2D eigenvalue weighted by molar-refractivity contribution is 8.13. The summed E-state index contributed by atoms with van der Waals surface area (Å²) in [6.07, 6.45) is 4.32. The molecule has 0 aliphatic heterocycles. The fourth-order valence-electron chi connectivity index (χ4n) is 0.947. The Morgan fingerprint density at radius 1 is 1.54 bits per heavy atom. The van der Waals surface area contributed by atoms with Crippen LogP contribution in [0, 0.1) is 0 Å². The molecule has 1 aliphatic rings. The van der Waals surface area contributed by atoms with Crippen molar-refractivity contribution < 1.29 is 4.42 Å². The van der Waals surface area contributed by atoms with Crippen LogP contribution in [0.3, 0.4) is 0 Å². The summed E-state index contributed by atoms with van der Waals surface area (Å²) >= 11 is 1.58. The predicted octanol–water partition coefficient (Wildman–Crippen LogP) is 2.36. The maximum atomic E-state index is 5.36. The summed E-state index contributed by atoms with van der Waals surface area (Å²) < 4.78 is 5.36. The molecule has 4 nitrogen and oxygen atoms in total. The van der Waals surface area contributed by atoms with Crippen LogP contribution in [0.1, 0.15) is 31.6 Å². The summed E-state index contributed by atoms with van der Waals surface area (Å²) in [5, 5.41) is 8.72. The molecule has 0 aromatic carbocycles. The third-order valence-corrected chi connectivity index (χ3v) is 2.59. The molecule has 0 spiro atoms. The zero-order chi connectivity index (χ0) is 9.26. The number of nitrogens with zero attached hydrogens (tertiary/aromatic N) is 3. The summed E-state index contributed by atoms with van der Waals surface area (Å²) in [7, 11) is 0. The number of rotatable bonds is 2. The molecule has 0 radical (unpaired) electrons. The number of aliphatic imine (C=N–C) groups is 1. The molecule has 2 rings (SSSR count). The van der Waals surface area contributed by atoms with Crippen molar-refractivity contribution in [2.75, 3.05) is 6.26 Å². The third kappa shape index (κ3) is 2.09. The quantitative estimate of drug-likeness (QED) is 0.539. The molecule has 70 valence electrons. The molecule has 1 fully saturated rings. The Kier molecular flexibility index (Phi) is 2.35. The number of hydrogen-bond donors (Lipinski definition) is 0. The Hall–Kier alpha value is -0.840. The molecular weight excluding hydrogens is 186 g/mol. The first-order valence-corrected chi connectivity index (χ1v) is 5.44. The lowest BCUT2D eigenvalue weighted by Gasteiger charge is -1.88. The highest BCUT2D eigenvalue weighted by atomic mass is 32.2. The summed E-state index contributed by atoms with van der Waals surface area (Å²) in [5.41, 5.74) is 0. The zero-order valence-electron chi connectivity index (χ0n) is 7.65. The second-order valence-corrected chi connectivity index (χ2v) is 4.03. The Labute approximate surface area is 80.8 Å². The van der Waals surface area contributed by atoms with Crippen LogP contribution >= 0.6 is 11.8 Å². The van der Waals surface area contributed by atoms with E-state index in [2.05, 4.69) is 15.2 Å². The van der Waals surface area contributed by atoms with E-state index in [4.69, 9.17) is 4.42 Å². The predicted molar refractivity (Wildman–Crippen MR) is 52.6 cm³/mol. The second kappa shape index (κ2) is 3.49. The smallest absolute Gasteiger partial charge is 0.343 e. The largest absolute Gasteiger partial charge is 0.406 e. The first kappa shape index (κ1) is 8.74. The van der Waals surface area contributed by atoms with E-state index in [1.165, 1.54) is 12.8 Å². The minimum atomic E-state index is 0.383.